The van der Waals surface area contributed by atoms with E-state index < -0.39 is 0 Å². The molecule has 0 saturated heterocycles. The van der Waals surface area contributed by atoms with Crippen molar-refractivity contribution in [1.29, 1.82) is 0 Å². The molecule has 0 radical (unpaired) electrons. The van der Waals surface area contributed by atoms with E-state index in [-0.39, 0.29) is 5.91 Å². The van der Waals surface area contributed by atoms with E-state index in [1.54, 1.807) is 12.6 Å². The quantitative estimate of drug-likeness (QED) is 0.714. The van der Waals surface area contributed by atoms with Crippen LogP contribution in [0.25, 0.3) is 11.1 Å². The van der Waals surface area contributed by atoms with Gasteiger partial charge in [-0.1, -0.05) is 36.8 Å². The normalized spacial score (nSPS) is 11.1. The lowest BCUT2D eigenvalue weighted by molar-refractivity contribution is 0.0994. The van der Waals surface area contributed by atoms with Gasteiger partial charge in [-0.3, -0.25) is 9.69 Å². The predicted molar refractivity (Wildman–Crippen MR) is 87.8 cm³/mol. The number of hydrogen-bond acceptors (Lipinski definition) is 7. The second-order valence-electron chi connectivity index (χ2n) is 5.16. The number of anilines is 1. The van der Waals surface area contributed by atoms with Crippen LogP contribution in [0.1, 0.15) is 42.0 Å². The van der Waals surface area contributed by atoms with Crippen molar-refractivity contribution < 1.29 is 9.32 Å². The van der Waals surface area contributed by atoms with Crippen LogP contribution in [0, 0.1) is 0 Å². The molecule has 0 aliphatic rings. The highest BCUT2D eigenvalue weighted by atomic mass is 32.1. The molecule has 23 heavy (non-hydrogen) atoms. The molecular formula is C15H17N5O2S. The minimum Gasteiger partial charge on any atom is -0.336 e. The minimum absolute atomic E-state index is 0.163. The van der Waals surface area contributed by atoms with E-state index in [0.717, 1.165) is 24.2 Å². The molecule has 7 nitrogen and oxygen atoms in total. The smallest absolute Gasteiger partial charge is 0.260 e. The molecule has 120 valence electrons. The van der Waals surface area contributed by atoms with Gasteiger partial charge in [0.2, 0.25) is 5.13 Å². The summed E-state index contributed by atoms with van der Waals surface area (Å²) in [5, 5.41) is 13.1. The number of hydrogen-bond donors (Lipinski definition) is 0. The number of nitrogens with zero attached hydrogens (tertiary/aromatic N) is 5. The Bertz CT molecular complexity index is 828. The Balaban J connectivity index is 2.13. The molecule has 0 aliphatic carbocycles. The lowest BCUT2D eigenvalue weighted by atomic mass is 10.1. The third-order valence-electron chi connectivity index (χ3n) is 3.59. The third-order valence-corrected chi connectivity index (χ3v) is 4.36. The summed E-state index contributed by atoms with van der Waals surface area (Å²) in [6, 6.07) is 1.82. The van der Waals surface area contributed by atoms with Gasteiger partial charge in [-0.25, -0.2) is 4.98 Å². The van der Waals surface area contributed by atoms with Crippen LogP contribution in [0.5, 0.6) is 0 Å². The van der Waals surface area contributed by atoms with E-state index in [9.17, 15) is 4.79 Å². The predicted octanol–water partition coefficient (Wildman–Crippen LogP) is 2.87. The molecule has 3 rings (SSSR count). The first kappa shape index (κ1) is 15.5. The Hall–Kier alpha value is -2.35. The van der Waals surface area contributed by atoms with Crippen LogP contribution >= 0.6 is 11.3 Å². The number of aryl methyl sites for hydroxylation is 2. The number of carbonyl (C=O) groups is 1. The molecule has 3 aromatic heterocycles. The highest BCUT2D eigenvalue weighted by Crippen LogP contribution is 2.26. The summed E-state index contributed by atoms with van der Waals surface area (Å²) in [5.41, 5.74) is 4.13. The van der Waals surface area contributed by atoms with E-state index >= 15 is 0 Å². The first-order valence-electron chi connectivity index (χ1n) is 7.48. The van der Waals surface area contributed by atoms with Gasteiger partial charge in [0.15, 0.2) is 0 Å². The molecule has 8 heteroatoms. The van der Waals surface area contributed by atoms with Gasteiger partial charge < -0.3 is 4.52 Å². The second-order valence-corrected chi connectivity index (χ2v) is 5.97. The maximum Gasteiger partial charge on any atom is 0.260 e. The number of rotatable bonds is 5. The van der Waals surface area contributed by atoms with E-state index in [1.165, 1.54) is 16.2 Å². The van der Waals surface area contributed by atoms with E-state index in [1.807, 2.05) is 13.0 Å². The second kappa shape index (κ2) is 6.41. The number of carbonyl (C=O) groups excluding carboxylic acids is 1. The van der Waals surface area contributed by atoms with Gasteiger partial charge in [-0.05, 0) is 18.9 Å². The zero-order valence-electron chi connectivity index (χ0n) is 13.2. The molecule has 3 heterocycles. The van der Waals surface area contributed by atoms with Crippen LogP contribution in [-0.4, -0.2) is 33.3 Å². The van der Waals surface area contributed by atoms with E-state index in [4.69, 9.17) is 4.52 Å². The van der Waals surface area contributed by atoms with Crippen LogP contribution in [0.15, 0.2) is 16.1 Å². The van der Waals surface area contributed by atoms with Crippen molar-refractivity contribution in [2.45, 2.75) is 33.1 Å². The number of pyridine rings is 1. The number of fused-ring (bicyclic) bond motifs is 1. The lowest BCUT2D eigenvalue weighted by Gasteiger charge is -2.14. The van der Waals surface area contributed by atoms with Gasteiger partial charge in [-0.15, -0.1) is 10.2 Å². The van der Waals surface area contributed by atoms with Crippen molar-refractivity contribution in [2.24, 2.45) is 0 Å². The molecule has 0 bridgehead atoms. The van der Waals surface area contributed by atoms with Crippen LogP contribution in [0.4, 0.5) is 5.13 Å². The fourth-order valence-electron chi connectivity index (χ4n) is 2.40. The maximum absolute atomic E-state index is 12.9. The summed E-state index contributed by atoms with van der Waals surface area (Å²) < 4.78 is 5.35. The minimum atomic E-state index is -0.163. The summed E-state index contributed by atoms with van der Waals surface area (Å²) in [4.78, 5) is 18.9. The summed E-state index contributed by atoms with van der Waals surface area (Å²) in [5.74, 6) is -0.163. The Morgan fingerprint density at radius 1 is 1.39 bits per heavy atom. The first-order valence-corrected chi connectivity index (χ1v) is 8.36. The molecule has 0 N–H and O–H groups in total. The number of amides is 1. The highest BCUT2D eigenvalue weighted by molar-refractivity contribution is 7.13. The fourth-order valence-corrected chi connectivity index (χ4v) is 2.92. The van der Waals surface area contributed by atoms with Gasteiger partial charge in [-0.2, -0.15) is 0 Å². The van der Waals surface area contributed by atoms with Crippen molar-refractivity contribution in [3.63, 3.8) is 0 Å². The molecule has 3 aromatic rings. The molecule has 0 spiro atoms. The Morgan fingerprint density at radius 3 is 2.87 bits per heavy atom. The van der Waals surface area contributed by atoms with Crippen molar-refractivity contribution >= 4 is 33.5 Å². The molecule has 0 aliphatic heterocycles. The standard InChI is InChI=1S/C15H17N5O2S/c1-4-6-11-12-10(7-9(5-2)17-13(12)22-19-11)14(21)20(3)15-18-16-8-23-15/h7-8H,4-6H2,1-3H3. The van der Waals surface area contributed by atoms with Crippen LogP contribution < -0.4 is 4.90 Å². The summed E-state index contributed by atoms with van der Waals surface area (Å²) in [6.07, 6.45) is 2.36. The van der Waals surface area contributed by atoms with Gasteiger partial charge in [0.25, 0.3) is 11.6 Å². The summed E-state index contributed by atoms with van der Waals surface area (Å²) >= 11 is 1.31. The van der Waals surface area contributed by atoms with Gasteiger partial charge in [0.05, 0.1) is 16.6 Å². The molecule has 0 atom stereocenters. The summed E-state index contributed by atoms with van der Waals surface area (Å²) in [6.45, 7) is 4.05. The van der Waals surface area contributed by atoms with Gasteiger partial charge in [0, 0.05) is 12.7 Å². The highest BCUT2D eigenvalue weighted by Gasteiger charge is 2.24. The van der Waals surface area contributed by atoms with Gasteiger partial charge >= 0.3 is 0 Å². The third kappa shape index (κ3) is 2.81. The maximum atomic E-state index is 12.9. The molecule has 0 saturated carbocycles. The Kier molecular flexibility index (Phi) is 4.33. The molecular weight excluding hydrogens is 314 g/mol. The zero-order chi connectivity index (χ0) is 16.4. The van der Waals surface area contributed by atoms with Crippen LogP contribution in [0.2, 0.25) is 0 Å². The average Bonchev–Trinajstić information content (AvgIpc) is 3.23. The molecule has 0 aromatic carbocycles. The topological polar surface area (TPSA) is 85.0 Å². The van der Waals surface area contributed by atoms with Crippen molar-refractivity contribution in [3.8, 4) is 0 Å². The van der Waals surface area contributed by atoms with Gasteiger partial charge in [0.1, 0.15) is 5.51 Å². The van der Waals surface area contributed by atoms with E-state index in [0.29, 0.717) is 28.2 Å². The van der Waals surface area contributed by atoms with Crippen LogP contribution in [-0.2, 0) is 12.8 Å². The average molecular weight is 331 g/mol. The fraction of sp³-hybridized carbons (Fsp3) is 0.400. The number of aromatic nitrogens is 4. The Labute approximate surface area is 137 Å². The van der Waals surface area contributed by atoms with Crippen molar-refractivity contribution in [1.82, 2.24) is 20.3 Å². The van der Waals surface area contributed by atoms with Crippen molar-refractivity contribution in [3.05, 3.63) is 28.5 Å². The van der Waals surface area contributed by atoms with E-state index in [2.05, 4.69) is 27.3 Å². The SMILES string of the molecule is CCCc1noc2nc(CC)cc(C(=O)N(C)c3nncs3)c12. The first-order chi connectivity index (χ1) is 11.2. The Morgan fingerprint density at radius 2 is 2.22 bits per heavy atom. The van der Waals surface area contributed by atoms with Crippen molar-refractivity contribution in [2.75, 3.05) is 11.9 Å². The lowest BCUT2D eigenvalue weighted by Crippen LogP contribution is -2.26. The largest absolute Gasteiger partial charge is 0.336 e. The monoisotopic (exact) mass is 331 g/mol. The zero-order valence-corrected chi connectivity index (χ0v) is 14.1. The molecule has 0 unspecified atom stereocenters. The molecule has 1 amide bonds. The molecule has 0 fully saturated rings. The van der Waals surface area contributed by atoms with Crippen LogP contribution in [0.3, 0.4) is 0 Å². The summed E-state index contributed by atoms with van der Waals surface area (Å²) in [7, 11) is 1.69.